The van der Waals surface area contributed by atoms with Gasteiger partial charge in [-0.25, -0.2) is 4.79 Å². The van der Waals surface area contributed by atoms with Gasteiger partial charge in [0, 0.05) is 57.8 Å². The zero-order chi connectivity index (χ0) is 20.1. The first kappa shape index (κ1) is 21.4. The fourth-order valence-corrected chi connectivity index (χ4v) is 4.84. The van der Waals surface area contributed by atoms with Crippen molar-refractivity contribution in [3.8, 4) is 0 Å². The van der Waals surface area contributed by atoms with Crippen LogP contribution in [0.5, 0.6) is 0 Å². The van der Waals surface area contributed by atoms with Crippen molar-refractivity contribution >= 4 is 11.9 Å². The lowest BCUT2D eigenvalue weighted by atomic mass is 9.85. The van der Waals surface area contributed by atoms with Crippen LogP contribution in [-0.2, 0) is 9.53 Å². The molecule has 1 aliphatic carbocycles. The van der Waals surface area contributed by atoms with Crippen LogP contribution in [0.4, 0.5) is 4.79 Å². The molecule has 28 heavy (non-hydrogen) atoms. The summed E-state index contributed by atoms with van der Waals surface area (Å²) in [6.45, 7) is 8.84. The molecule has 3 rings (SSSR count). The Morgan fingerprint density at radius 1 is 0.929 bits per heavy atom. The van der Waals surface area contributed by atoms with Gasteiger partial charge in [-0.1, -0.05) is 0 Å². The summed E-state index contributed by atoms with van der Waals surface area (Å²) in [7, 11) is 1.67. The summed E-state index contributed by atoms with van der Waals surface area (Å²) in [5.41, 5.74) is 0. The molecule has 1 saturated carbocycles. The fraction of sp³-hybridized carbons (Fsp3) is 0.905. The van der Waals surface area contributed by atoms with Crippen LogP contribution in [0.15, 0.2) is 0 Å². The molecule has 3 fully saturated rings. The molecule has 2 aliphatic heterocycles. The van der Waals surface area contributed by atoms with Crippen molar-refractivity contribution in [2.45, 2.75) is 77.1 Å². The van der Waals surface area contributed by atoms with Crippen molar-refractivity contribution in [2.75, 3.05) is 39.8 Å². The number of likely N-dealkylation sites (tertiary alicyclic amines) is 1. The van der Waals surface area contributed by atoms with E-state index in [1.807, 2.05) is 4.90 Å². The van der Waals surface area contributed by atoms with E-state index >= 15 is 0 Å². The minimum Gasteiger partial charge on any atom is -0.361 e. The molecule has 2 saturated heterocycles. The van der Waals surface area contributed by atoms with Crippen molar-refractivity contribution in [1.29, 1.82) is 0 Å². The van der Waals surface area contributed by atoms with E-state index < -0.39 is 0 Å². The normalized spacial score (nSPS) is 29.8. The monoisotopic (exact) mass is 394 g/mol. The van der Waals surface area contributed by atoms with Crippen LogP contribution in [0.2, 0.25) is 0 Å². The lowest BCUT2D eigenvalue weighted by Gasteiger charge is -2.40. The Bertz CT molecular complexity index is 526. The Morgan fingerprint density at radius 2 is 1.61 bits per heavy atom. The summed E-state index contributed by atoms with van der Waals surface area (Å²) in [5.74, 6) is 0.448. The molecule has 0 spiro atoms. The fourth-order valence-electron chi connectivity index (χ4n) is 4.84. The molecule has 1 unspecified atom stereocenters. The summed E-state index contributed by atoms with van der Waals surface area (Å²) >= 11 is 0. The minimum absolute atomic E-state index is 0.00821. The zero-order valence-corrected chi connectivity index (χ0v) is 17.9. The SMILES string of the molecule is COC1CCCCN1C(=O)N[C@H]1CC[C@H](C(=O)N2CCN(C(C)C)CC2)CC1. The van der Waals surface area contributed by atoms with Gasteiger partial charge in [0.15, 0.2) is 0 Å². The van der Waals surface area contributed by atoms with Gasteiger partial charge >= 0.3 is 6.03 Å². The molecular formula is C21H38N4O3. The van der Waals surface area contributed by atoms with Crippen molar-refractivity contribution in [2.24, 2.45) is 5.92 Å². The molecule has 0 aromatic rings. The summed E-state index contributed by atoms with van der Waals surface area (Å²) < 4.78 is 5.46. The molecule has 7 heteroatoms. The van der Waals surface area contributed by atoms with Gasteiger partial charge < -0.3 is 15.0 Å². The predicted octanol–water partition coefficient (Wildman–Crippen LogP) is 2.27. The third kappa shape index (κ3) is 5.17. The average Bonchev–Trinajstić information content (AvgIpc) is 2.73. The molecule has 1 atom stereocenters. The highest BCUT2D eigenvalue weighted by Crippen LogP contribution is 2.27. The maximum atomic E-state index is 12.9. The number of nitrogens with zero attached hydrogens (tertiary/aromatic N) is 3. The van der Waals surface area contributed by atoms with Crippen LogP contribution in [0.25, 0.3) is 0 Å². The van der Waals surface area contributed by atoms with Crippen LogP contribution >= 0.6 is 0 Å². The summed E-state index contributed by atoms with van der Waals surface area (Å²) in [4.78, 5) is 31.8. The maximum absolute atomic E-state index is 12.9. The van der Waals surface area contributed by atoms with Crippen molar-refractivity contribution in [3.05, 3.63) is 0 Å². The third-order valence-corrected chi connectivity index (χ3v) is 6.74. The molecule has 7 nitrogen and oxygen atoms in total. The third-order valence-electron chi connectivity index (χ3n) is 6.74. The Balaban J connectivity index is 1.42. The van der Waals surface area contributed by atoms with Gasteiger partial charge in [0.05, 0.1) is 0 Å². The number of piperidine rings is 1. The van der Waals surface area contributed by atoms with E-state index in [4.69, 9.17) is 4.74 Å². The second kappa shape index (κ2) is 9.92. The van der Waals surface area contributed by atoms with Crippen LogP contribution in [0, 0.1) is 5.92 Å². The van der Waals surface area contributed by atoms with E-state index in [1.54, 1.807) is 7.11 Å². The van der Waals surface area contributed by atoms with Gasteiger partial charge in [-0.3, -0.25) is 14.6 Å². The largest absolute Gasteiger partial charge is 0.361 e. The van der Waals surface area contributed by atoms with E-state index in [0.717, 1.165) is 77.7 Å². The molecule has 3 aliphatic rings. The number of nitrogens with one attached hydrogen (secondary N) is 1. The Labute approximate surface area is 169 Å². The Morgan fingerprint density at radius 3 is 2.21 bits per heavy atom. The number of carbonyl (C=O) groups excluding carboxylic acids is 2. The van der Waals surface area contributed by atoms with Crippen LogP contribution in [-0.4, -0.2) is 84.8 Å². The number of ether oxygens (including phenoxy) is 1. The molecule has 0 aromatic carbocycles. The standard InChI is InChI=1S/C21H38N4O3/c1-16(2)23-12-14-24(15-13-23)20(26)17-7-9-18(10-8-17)22-21(27)25-11-5-4-6-19(25)28-3/h16-19H,4-15H2,1-3H3,(H,22,27)/t17-,18-,19?. The van der Waals surface area contributed by atoms with Crippen molar-refractivity contribution < 1.29 is 14.3 Å². The van der Waals surface area contributed by atoms with E-state index in [0.29, 0.717) is 11.9 Å². The van der Waals surface area contributed by atoms with Gasteiger partial charge in [0.2, 0.25) is 5.91 Å². The molecule has 0 aromatic heterocycles. The molecule has 0 bridgehead atoms. The minimum atomic E-state index is -0.101. The highest BCUT2D eigenvalue weighted by Gasteiger charge is 2.33. The number of carbonyl (C=O) groups is 2. The van der Waals surface area contributed by atoms with E-state index in [2.05, 4.69) is 29.0 Å². The first-order valence-electron chi connectivity index (χ1n) is 11.1. The molecular weight excluding hydrogens is 356 g/mol. The quantitative estimate of drug-likeness (QED) is 0.794. The molecule has 160 valence electrons. The van der Waals surface area contributed by atoms with Crippen molar-refractivity contribution in [1.82, 2.24) is 20.0 Å². The first-order valence-corrected chi connectivity index (χ1v) is 11.1. The smallest absolute Gasteiger partial charge is 0.319 e. The summed E-state index contributed by atoms with van der Waals surface area (Å²) in [6.07, 6.45) is 6.49. The number of methoxy groups -OCH3 is 1. The van der Waals surface area contributed by atoms with E-state index in [-0.39, 0.29) is 24.2 Å². The predicted molar refractivity (Wildman–Crippen MR) is 109 cm³/mol. The summed E-state index contributed by atoms with van der Waals surface area (Å²) in [5, 5.41) is 3.19. The van der Waals surface area contributed by atoms with Gasteiger partial charge in [0.1, 0.15) is 6.23 Å². The maximum Gasteiger partial charge on any atom is 0.319 e. The lowest BCUT2D eigenvalue weighted by Crippen LogP contribution is -2.54. The van der Waals surface area contributed by atoms with Gasteiger partial charge in [-0.15, -0.1) is 0 Å². The molecule has 1 N–H and O–H groups in total. The topological polar surface area (TPSA) is 65.1 Å². The summed E-state index contributed by atoms with van der Waals surface area (Å²) in [6, 6.07) is 0.716. The van der Waals surface area contributed by atoms with Gasteiger partial charge in [-0.05, 0) is 58.8 Å². The lowest BCUT2D eigenvalue weighted by molar-refractivity contribution is -0.138. The van der Waals surface area contributed by atoms with Crippen LogP contribution in [0.3, 0.4) is 0 Å². The van der Waals surface area contributed by atoms with Crippen molar-refractivity contribution in [3.63, 3.8) is 0 Å². The van der Waals surface area contributed by atoms with Crippen LogP contribution < -0.4 is 5.32 Å². The number of rotatable bonds is 4. The van der Waals surface area contributed by atoms with E-state index in [1.165, 1.54) is 0 Å². The number of hydrogen-bond acceptors (Lipinski definition) is 4. The van der Waals surface area contributed by atoms with Crippen LogP contribution in [0.1, 0.15) is 58.8 Å². The molecule has 2 heterocycles. The Hall–Kier alpha value is -1.34. The van der Waals surface area contributed by atoms with Gasteiger partial charge in [-0.2, -0.15) is 0 Å². The average molecular weight is 395 g/mol. The second-order valence-electron chi connectivity index (χ2n) is 8.83. The zero-order valence-electron chi connectivity index (χ0n) is 17.9. The van der Waals surface area contributed by atoms with Gasteiger partial charge in [0.25, 0.3) is 0 Å². The molecule has 3 amide bonds. The second-order valence-corrected chi connectivity index (χ2v) is 8.83. The molecule has 0 radical (unpaired) electrons. The Kier molecular flexibility index (Phi) is 7.57. The number of amides is 3. The number of urea groups is 1. The highest BCUT2D eigenvalue weighted by atomic mass is 16.5. The number of hydrogen-bond donors (Lipinski definition) is 1. The number of piperazine rings is 1. The first-order chi connectivity index (χ1) is 13.5. The highest BCUT2D eigenvalue weighted by molar-refractivity contribution is 5.79. The van der Waals surface area contributed by atoms with E-state index in [9.17, 15) is 9.59 Å².